The van der Waals surface area contributed by atoms with Gasteiger partial charge in [-0.3, -0.25) is 0 Å². The number of nitrogens with zero attached hydrogens (tertiary/aromatic N) is 5. The molecule has 0 fully saturated rings. The highest BCUT2D eigenvalue weighted by Crippen LogP contribution is 2.43. The molecule has 0 saturated heterocycles. The van der Waals surface area contributed by atoms with Crippen molar-refractivity contribution < 1.29 is 21.6 Å². The Hall–Kier alpha value is -2.80. The van der Waals surface area contributed by atoms with Crippen molar-refractivity contribution in [2.24, 2.45) is 5.14 Å². The largest absolute Gasteiger partial charge is 0.417 e. The summed E-state index contributed by atoms with van der Waals surface area (Å²) in [7, 11) is -4.74. The third-order valence-electron chi connectivity index (χ3n) is 4.77. The van der Waals surface area contributed by atoms with Gasteiger partial charge in [0.15, 0.2) is 5.82 Å². The molecule has 148 valence electrons. The van der Waals surface area contributed by atoms with E-state index in [1.807, 2.05) is 4.57 Å². The average Bonchev–Trinajstić information content (AvgIpc) is 3.29. The lowest BCUT2D eigenvalue weighted by Crippen LogP contribution is -2.23. The van der Waals surface area contributed by atoms with Crippen LogP contribution < -0.4 is 5.14 Å². The van der Waals surface area contributed by atoms with Gasteiger partial charge in [0.05, 0.1) is 11.9 Å². The van der Waals surface area contributed by atoms with E-state index in [1.54, 1.807) is 12.5 Å². The smallest absolute Gasteiger partial charge is 0.335 e. The summed E-state index contributed by atoms with van der Waals surface area (Å²) in [6, 6.07) is 2.01. The number of sulfonamides is 1. The molecule has 1 aliphatic rings. The number of hydrogen-bond acceptors (Lipinski definition) is 6. The van der Waals surface area contributed by atoms with E-state index in [-0.39, 0.29) is 17.3 Å². The number of aryl methyl sites for hydroxylation is 1. The number of alkyl halides is 3. The number of primary sulfonamides is 1. The number of hydrogen-bond donors (Lipinski definition) is 2. The van der Waals surface area contributed by atoms with E-state index in [0.29, 0.717) is 24.9 Å². The Morgan fingerprint density at radius 1 is 1.29 bits per heavy atom. The van der Waals surface area contributed by atoms with E-state index < -0.39 is 26.7 Å². The third-order valence-corrected chi connectivity index (χ3v) is 5.77. The molecule has 3 heterocycles. The van der Waals surface area contributed by atoms with Crippen LogP contribution in [0.4, 0.5) is 13.2 Å². The highest BCUT2D eigenvalue weighted by atomic mass is 32.2. The fourth-order valence-corrected chi connectivity index (χ4v) is 4.59. The van der Waals surface area contributed by atoms with Crippen molar-refractivity contribution >= 4 is 10.0 Å². The minimum Gasteiger partial charge on any atom is -0.335 e. The molecular formula is C15H14F3N7O2S. The van der Waals surface area contributed by atoms with E-state index in [2.05, 4.69) is 25.6 Å². The molecule has 9 nitrogen and oxygen atoms in total. The van der Waals surface area contributed by atoms with Crippen molar-refractivity contribution in [2.75, 3.05) is 0 Å². The van der Waals surface area contributed by atoms with Crippen molar-refractivity contribution in [3.05, 3.63) is 41.5 Å². The van der Waals surface area contributed by atoms with E-state index in [4.69, 9.17) is 5.14 Å². The van der Waals surface area contributed by atoms with Crippen LogP contribution in [-0.2, 0) is 29.2 Å². The zero-order valence-electron chi connectivity index (χ0n) is 14.2. The summed E-state index contributed by atoms with van der Waals surface area (Å²) < 4.78 is 66.9. The minimum absolute atomic E-state index is 0.191. The summed E-state index contributed by atoms with van der Waals surface area (Å²) >= 11 is 0. The summed E-state index contributed by atoms with van der Waals surface area (Å²) in [5.74, 6) is -0.448. The predicted molar refractivity (Wildman–Crippen MR) is 89.3 cm³/mol. The second-order valence-electron chi connectivity index (χ2n) is 6.47. The lowest BCUT2D eigenvalue weighted by molar-refractivity contribution is -0.139. The van der Waals surface area contributed by atoms with E-state index in [0.717, 1.165) is 11.8 Å². The van der Waals surface area contributed by atoms with Crippen LogP contribution in [-0.4, -0.2) is 38.6 Å². The molecule has 0 spiro atoms. The Kier molecular flexibility index (Phi) is 4.23. The zero-order valence-corrected chi connectivity index (χ0v) is 15.0. The first-order valence-corrected chi connectivity index (χ1v) is 9.71. The summed E-state index contributed by atoms with van der Waals surface area (Å²) in [5.41, 5.74) is -0.329. The van der Waals surface area contributed by atoms with E-state index >= 15 is 0 Å². The Morgan fingerprint density at radius 2 is 2.07 bits per heavy atom. The molecule has 2 aromatic heterocycles. The maximum atomic E-state index is 13.5. The van der Waals surface area contributed by atoms with Crippen LogP contribution in [0.25, 0.3) is 11.4 Å². The van der Waals surface area contributed by atoms with Crippen molar-refractivity contribution in [1.82, 2.24) is 30.2 Å². The van der Waals surface area contributed by atoms with Gasteiger partial charge in [-0.15, -0.1) is 5.10 Å². The number of aromatic nitrogens is 6. The van der Waals surface area contributed by atoms with Gasteiger partial charge in [0.1, 0.15) is 4.90 Å². The van der Waals surface area contributed by atoms with Crippen molar-refractivity contribution in [2.45, 2.75) is 36.4 Å². The van der Waals surface area contributed by atoms with Gasteiger partial charge >= 0.3 is 6.18 Å². The quantitative estimate of drug-likeness (QED) is 0.668. The summed E-state index contributed by atoms with van der Waals surface area (Å²) in [6.07, 6.45) is -0.521. The fourth-order valence-electron chi connectivity index (χ4n) is 3.60. The molecule has 3 aromatic rings. The van der Waals surface area contributed by atoms with Gasteiger partial charge in [0, 0.05) is 24.0 Å². The first-order chi connectivity index (χ1) is 13.2. The molecular weight excluding hydrogens is 399 g/mol. The SMILES string of the molecule is NS(=O)(=O)c1c(C(F)(F)F)ccc(C2CCn3cncc3C2)c1-c1nnn[nH]1. The van der Waals surface area contributed by atoms with Crippen LogP contribution >= 0.6 is 0 Å². The maximum absolute atomic E-state index is 13.5. The molecule has 0 bridgehead atoms. The van der Waals surface area contributed by atoms with Gasteiger partial charge in [-0.1, -0.05) is 6.07 Å². The number of benzene rings is 1. The minimum atomic E-state index is -4.92. The number of H-pyrrole nitrogens is 1. The number of tetrazole rings is 1. The van der Waals surface area contributed by atoms with Crippen LogP contribution in [0.3, 0.4) is 0 Å². The Labute approximate surface area is 156 Å². The lowest BCUT2D eigenvalue weighted by Gasteiger charge is -2.27. The molecule has 0 saturated carbocycles. The molecule has 1 aliphatic heterocycles. The molecule has 13 heteroatoms. The number of nitrogens with one attached hydrogen (secondary N) is 1. The van der Waals surface area contributed by atoms with Gasteiger partial charge in [-0.2, -0.15) is 13.2 Å². The van der Waals surface area contributed by atoms with Gasteiger partial charge in [0.25, 0.3) is 0 Å². The monoisotopic (exact) mass is 413 g/mol. The Bertz CT molecular complexity index is 1120. The molecule has 0 aliphatic carbocycles. The zero-order chi connectivity index (χ0) is 20.1. The van der Waals surface area contributed by atoms with Crippen LogP contribution in [0, 0.1) is 0 Å². The number of nitrogens with two attached hydrogens (primary N) is 1. The van der Waals surface area contributed by atoms with Gasteiger partial charge in [-0.25, -0.2) is 23.6 Å². The van der Waals surface area contributed by atoms with Crippen molar-refractivity contribution in [3.63, 3.8) is 0 Å². The molecule has 4 rings (SSSR count). The summed E-state index contributed by atoms with van der Waals surface area (Å²) in [5, 5.41) is 18.0. The van der Waals surface area contributed by atoms with Gasteiger partial charge in [-0.05, 0) is 40.8 Å². The molecule has 28 heavy (non-hydrogen) atoms. The second-order valence-corrected chi connectivity index (χ2v) is 7.97. The fraction of sp³-hybridized carbons (Fsp3) is 0.333. The van der Waals surface area contributed by atoms with Gasteiger partial charge in [0.2, 0.25) is 10.0 Å². The Morgan fingerprint density at radius 3 is 2.71 bits per heavy atom. The number of imidazole rings is 1. The molecule has 3 N–H and O–H groups in total. The normalized spacial score (nSPS) is 17.5. The van der Waals surface area contributed by atoms with Crippen molar-refractivity contribution in [1.29, 1.82) is 0 Å². The maximum Gasteiger partial charge on any atom is 0.417 e. The molecule has 1 unspecified atom stereocenters. The average molecular weight is 413 g/mol. The third kappa shape index (κ3) is 3.16. The van der Waals surface area contributed by atoms with Crippen LogP contribution in [0.5, 0.6) is 0 Å². The highest BCUT2D eigenvalue weighted by Gasteiger charge is 2.40. The molecule has 1 atom stereocenters. The first kappa shape index (κ1) is 18.6. The molecule has 1 aromatic carbocycles. The molecule has 0 amide bonds. The molecule has 0 radical (unpaired) electrons. The van der Waals surface area contributed by atoms with Crippen LogP contribution in [0.2, 0.25) is 0 Å². The summed E-state index contributed by atoms with van der Waals surface area (Å²) in [6.45, 7) is 0.597. The van der Waals surface area contributed by atoms with Crippen molar-refractivity contribution in [3.8, 4) is 11.4 Å². The standard InChI is InChI=1S/C15H14F3N7O2S/c16-15(17,18)11-2-1-10(8-3-4-25-7-20-6-9(25)5-8)12(13(11)28(19,26)27)14-21-23-24-22-14/h1-2,6-8H,3-5H2,(H2,19,26,27)(H,21,22,23,24). The lowest BCUT2D eigenvalue weighted by atomic mass is 9.85. The van der Waals surface area contributed by atoms with Gasteiger partial charge < -0.3 is 4.57 Å². The second kappa shape index (κ2) is 6.38. The topological polar surface area (TPSA) is 132 Å². The van der Waals surface area contributed by atoms with Crippen LogP contribution in [0.1, 0.15) is 29.2 Å². The first-order valence-electron chi connectivity index (χ1n) is 8.16. The Balaban J connectivity index is 1.98. The number of halogens is 3. The number of aromatic amines is 1. The summed E-state index contributed by atoms with van der Waals surface area (Å²) in [4.78, 5) is 3.03. The number of fused-ring (bicyclic) bond motifs is 1. The number of rotatable bonds is 3. The van der Waals surface area contributed by atoms with E-state index in [9.17, 15) is 21.6 Å². The van der Waals surface area contributed by atoms with Crippen LogP contribution in [0.15, 0.2) is 29.6 Å². The van der Waals surface area contributed by atoms with E-state index in [1.165, 1.54) is 6.07 Å². The predicted octanol–water partition coefficient (Wildman–Crippen LogP) is 1.46. The highest BCUT2D eigenvalue weighted by molar-refractivity contribution is 7.89.